The minimum absolute atomic E-state index is 0.229. The summed E-state index contributed by atoms with van der Waals surface area (Å²) in [4.78, 5) is 24.6. The fraction of sp³-hybridized carbons (Fsp3) is 0.259. The predicted octanol–water partition coefficient (Wildman–Crippen LogP) is 4.26. The Morgan fingerprint density at radius 2 is 2.00 bits per heavy atom. The topological polar surface area (TPSA) is 75.9 Å². The van der Waals surface area contributed by atoms with Crippen molar-refractivity contribution in [2.75, 3.05) is 18.9 Å². The Morgan fingerprint density at radius 3 is 2.76 bits per heavy atom. The highest BCUT2D eigenvalue weighted by Crippen LogP contribution is 2.52. The van der Waals surface area contributed by atoms with Gasteiger partial charge in [0, 0.05) is 36.0 Å². The summed E-state index contributed by atoms with van der Waals surface area (Å²) in [7, 11) is 2.19. The molecule has 1 N–H and O–H groups in total. The molecule has 1 fully saturated rings. The van der Waals surface area contributed by atoms with Crippen LogP contribution in [0.3, 0.4) is 0 Å². The van der Waals surface area contributed by atoms with Crippen molar-refractivity contribution in [3.05, 3.63) is 88.9 Å². The highest BCUT2D eigenvalue weighted by molar-refractivity contribution is 5.90. The molecule has 6 rings (SSSR count). The maximum absolute atomic E-state index is 13.0. The largest absolute Gasteiger partial charge is 0.324 e. The molecule has 34 heavy (non-hydrogen) atoms. The summed E-state index contributed by atoms with van der Waals surface area (Å²) in [6.45, 7) is 6.14. The van der Waals surface area contributed by atoms with E-state index >= 15 is 0 Å². The van der Waals surface area contributed by atoms with Crippen LogP contribution in [0.4, 0.5) is 11.6 Å². The molecule has 0 atom stereocenters. The Labute approximate surface area is 197 Å². The molecule has 2 aromatic carbocycles. The first-order valence-corrected chi connectivity index (χ1v) is 11.6. The number of likely N-dealkylation sites (N-methyl/N-ethyl adjacent to an activating group) is 1. The van der Waals surface area contributed by atoms with Crippen molar-refractivity contribution in [2.45, 2.75) is 31.3 Å². The van der Waals surface area contributed by atoms with Gasteiger partial charge in [0.15, 0.2) is 0 Å². The summed E-state index contributed by atoms with van der Waals surface area (Å²) in [5.41, 5.74) is 5.97. The number of allylic oxidation sites excluding steroid dienone is 1. The molecular formula is C27H26N6O. The van der Waals surface area contributed by atoms with Gasteiger partial charge in [0.25, 0.3) is 5.56 Å². The van der Waals surface area contributed by atoms with E-state index in [1.54, 1.807) is 12.3 Å². The second kappa shape index (κ2) is 7.88. The highest BCUT2D eigenvalue weighted by Gasteiger charge is 2.48. The van der Waals surface area contributed by atoms with Gasteiger partial charge in [-0.1, -0.05) is 42.5 Å². The maximum atomic E-state index is 13.0. The van der Waals surface area contributed by atoms with Crippen molar-refractivity contribution < 1.29 is 0 Å². The lowest BCUT2D eigenvalue weighted by atomic mass is 9.87. The third-order valence-electron chi connectivity index (χ3n) is 6.85. The number of fused-ring (bicyclic) bond motifs is 3. The fourth-order valence-corrected chi connectivity index (χ4v) is 5.14. The number of anilines is 2. The Bertz CT molecular complexity index is 1470. The van der Waals surface area contributed by atoms with E-state index < -0.39 is 0 Å². The number of nitrogens with one attached hydrogen (secondary N) is 1. The van der Waals surface area contributed by atoms with E-state index in [0.717, 1.165) is 24.3 Å². The van der Waals surface area contributed by atoms with Crippen molar-refractivity contribution in [1.29, 1.82) is 0 Å². The second-order valence-electron chi connectivity index (χ2n) is 9.40. The van der Waals surface area contributed by atoms with Crippen molar-refractivity contribution in [2.24, 2.45) is 0 Å². The molecule has 1 aliphatic carbocycles. The summed E-state index contributed by atoms with van der Waals surface area (Å²) in [6, 6.07) is 16.3. The molecule has 7 nitrogen and oxygen atoms in total. The third-order valence-corrected chi connectivity index (χ3v) is 6.85. The van der Waals surface area contributed by atoms with Crippen LogP contribution in [0.15, 0.2) is 72.2 Å². The maximum Gasteiger partial charge on any atom is 0.278 e. The van der Waals surface area contributed by atoms with Crippen LogP contribution in [0.2, 0.25) is 0 Å². The molecule has 2 aromatic heterocycles. The molecule has 2 aliphatic rings. The zero-order valence-corrected chi connectivity index (χ0v) is 19.2. The molecule has 7 heteroatoms. The summed E-state index contributed by atoms with van der Waals surface area (Å²) >= 11 is 0. The fourth-order valence-electron chi connectivity index (χ4n) is 5.14. The van der Waals surface area contributed by atoms with Gasteiger partial charge in [0.2, 0.25) is 5.95 Å². The average Bonchev–Trinajstić information content (AvgIpc) is 3.60. The number of hydrogen-bond acceptors (Lipinski definition) is 6. The first-order valence-electron chi connectivity index (χ1n) is 11.6. The van der Waals surface area contributed by atoms with E-state index in [4.69, 9.17) is 4.98 Å². The van der Waals surface area contributed by atoms with Gasteiger partial charge in [0.05, 0.1) is 11.9 Å². The summed E-state index contributed by atoms with van der Waals surface area (Å²) in [5.74, 6) is 0.442. The van der Waals surface area contributed by atoms with Gasteiger partial charge >= 0.3 is 0 Å². The number of nitrogens with zero attached hydrogens (tertiary/aromatic N) is 5. The van der Waals surface area contributed by atoms with Gasteiger partial charge in [-0.3, -0.25) is 4.79 Å². The van der Waals surface area contributed by atoms with Gasteiger partial charge < -0.3 is 10.2 Å². The van der Waals surface area contributed by atoms with Crippen LogP contribution in [0.5, 0.6) is 0 Å². The number of rotatable bonds is 5. The Kier molecular flexibility index (Phi) is 4.81. The Hall–Kier alpha value is -3.84. The van der Waals surface area contributed by atoms with E-state index in [1.165, 1.54) is 28.7 Å². The van der Waals surface area contributed by atoms with Crippen molar-refractivity contribution >= 4 is 22.5 Å². The van der Waals surface area contributed by atoms with Gasteiger partial charge in [-0.15, -0.1) is 6.58 Å². The lowest BCUT2D eigenvalue weighted by Gasteiger charge is -2.32. The summed E-state index contributed by atoms with van der Waals surface area (Å²) < 4.78 is 1.40. The molecule has 170 valence electrons. The SMILES string of the molecule is C=CCn1nc(-c2ccccc2)c2nc(Nc3ccc4c(c3)CN(C)CC43CC3)ncc2c1=O. The van der Waals surface area contributed by atoms with Gasteiger partial charge in [0.1, 0.15) is 11.2 Å². The van der Waals surface area contributed by atoms with Crippen molar-refractivity contribution in [1.82, 2.24) is 24.6 Å². The molecule has 1 spiro atoms. The minimum atomic E-state index is -0.229. The molecule has 1 aliphatic heterocycles. The summed E-state index contributed by atoms with van der Waals surface area (Å²) in [6.07, 6.45) is 5.78. The average molecular weight is 451 g/mol. The van der Waals surface area contributed by atoms with Gasteiger partial charge in [-0.2, -0.15) is 5.10 Å². The monoisotopic (exact) mass is 450 g/mol. The molecular weight excluding hydrogens is 424 g/mol. The number of hydrogen-bond donors (Lipinski definition) is 1. The highest BCUT2D eigenvalue weighted by atomic mass is 16.1. The number of aromatic nitrogens is 4. The zero-order valence-electron chi connectivity index (χ0n) is 19.2. The second-order valence-corrected chi connectivity index (χ2v) is 9.40. The van der Waals surface area contributed by atoms with E-state index in [1.807, 2.05) is 30.3 Å². The van der Waals surface area contributed by atoms with Crippen molar-refractivity contribution in [3.8, 4) is 11.3 Å². The quantitative estimate of drug-likeness (QED) is 0.458. The van der Waals surface area contributed by atoms with Crippen LogP contribution >= 0.6 is 0 Å². The molecule has 0 bridgehead atoms. The molecule has 0 unspecified atom stereocenters. The van der Waals surface area contributed by atoms with Crippen LogP contribution < -0.4 is 10.9 Å². The molecule has 0 radical (unpaired) electrons. The molecule has 1 saturated carbocycles. The minimum Gasteiger partial charge on any atom is -0.324 e. The Balaban J connectivity index is 1.42. The van der Waals surface area contributed by atoms with Crippen LogP contribution in [0.1, 0.15) is 24.0 Å². The van der Waals surface area contributed by atoms with Gasteiger partial charge in [-0.25, -0.2) is 14.6 Å². The standard InChI is InChI=1S/C27H26N6O/c1-3-13-33-25(34)21-15-28-26(30-24(21)23(31-33)18-7-5-4-6-8-18)29-20-9-10-22-19(14-20)16-32(2)17-27(22)11-12-27/h3-10,14-15H,1,11-13,16-17H2,2H3,(H,28,29,30). The van der Waals surface area contributed by atoms with Crippen LogP contribution in [-0.4, -0.2) is 38.2 Å². The molecule has 4 aromatic rings. The molecule has 3 heterocycles. The predicted molar refractivity (Wildman–Crippen MR) is 134 cm³/mol. The van der Waals surface area contributed by atoms with E-state index in [0.29, 0.717) is 34.5 Å². The van der Waals surface area contributed by atoms with E-state index in [-0.39, 0.29) is 5.56 Å². The van der Waals surface area contributed by atoms with Gasteiger partial charge in [-0.05, 0) is 43.1 Å². The first kappa shape index (κ1) is 20.7. The van der Waals surface area contributed by atoms with Crippen molar-refractivity contribution in [3.63, 3.8) is 0 Å². The molecule has 0 saturated heterocycles. The smallest absolute Gasteiger partial charge is 0.278 e. The van der Waals surface area contributed by atoms with E-state index in [2.05, 4.69) is 52.1 Å². The number of benzene rings is 2. The zero-order chi connectivity index (χ0) is 23.3. The normalized spacial score (nSPS) is 16.4. The lowest BCUT2D eigenvalue weighted by Crippen LogP contribution is -2.35. The third kappa shape index (κ3) is 3.49. The van der Waals surface area contributed by atoms with E-state index in [9.17, 15) is 4.79 Å². The summed E-state index contributed by atoms with van der Waals surface area (Å²) in [5, 5.41) is 8.39. The molecule has 0 amide bonds. The lowest BCUT2D eigenvalue weighted by molar-refractivity contribution is 0.271. The van der Waals surface area contributed by atoms with Crippen LogP contribution in [0, 0.1) is 0 Å². The first-order chi connectivity index (χ1) is 16.6. The van der Waals surface area contributed by atoms with Crippen LogP contribution in [0.25, 0.3) is 22.2 Å². The van der Waals surface area contributed by atoms with Crippen LogP contribution in [-0.2, 0) is 18.5 Å². The Morgan fingerprint density at radius 1 is 1.18 bits per heavy atom.